The number of hydrogen-bond donors (Lipinski definition) is 0. The van der Waals surface area contributed by atoms with Gasteiger partial charge in [-0.3, -0.25) is 4.40 Å². The standard InChI is InChI=1S/C20H16F2N4O/c1-27-18-4-2-3-17(21)16(18)9-7-14-6-8-15(20-25-24-12-26(14)20)13-5-10-19(22)23-11-13/h2-6,8,10-12H,7,9H2,1H3. The minimum Gasteiger partial charge on any atom is -0.496 e. The van der Waals surface area contributed by atoms with Crippen molar-refractivity contribution in [3.63, 3.8) is 0 Å². The van der Waals surface area contributed by atoms with Crippen molar-refractivity contribution in [3.8, 4) is 16.9 Å². The molecule has 27 heavy (non-hydrogen) atoms. The molecular weight excluding hydrogens is 350 g/mol. The molecule has 0 spiro atoms. The summed E-state index contributed by atoms with van der Waals surface area (Å²) in [6, 6.07) is 11.6. The maximum absolute atomic E-state index is 14.2. The first kappa shape index (κ1) is 17.1. The molecule has 7 heteroatoms. The predicted octanol–water partition coefficient (Wildman–Crippen LogP) is 3.86. The zero-order chi connectivity index (χ0) is 18.8. The van der Waals surface area contributed by atoms with Gasteiger partial charge in [-0.05, 0) is 49.2 Å². The Morgan fingerprint density at radius 3 is 2.70 bits per heavy atom. The molecule has 136 valence electrons. The van der Waals surface area contributed by atoms with Crippen LogP contribution in [0.2, 0.25) is 0 Å². The molecule has 0 N–H and O–H groups in total. The van der Waals surface area contributed by atoms with E-state index in [-0.39, 0.29) is 5.82 Å². The van der Waals surface area contributed by atoms with Gasteiger partial charge in [0.05, 0.1) is 7.11 Å². The highest BCUT2D eigenvalue weighted by Crippen LogP contribution is 2.26. The third kappa shape index (κ3) is 3.23. The number of rotatable bonds is 5. The first-order valence-corrected chi connectivity index (χ1v) is 8.42. The molecule has 0 saturated heterocycles. The molecule has 0 bridgehead atoms. The second-order valence-corrected chi connectivity index (χ2v) is 6.05. The van der Waals surface area contributed by atoms with Crippen LogP contribution in [0.3, 0.4) is 0 Å². The number of aryl methyl sites for hydroxylation is 1. The molecule has 0 amide bonds. The summed E-state index contributed by atoms with van der Waals surface area (Å²) in [5.74, 6) is -0.293. The number of methoxy groups -OCH3 is 1. The average Bonchev–Trinajstić information content (AvgIpc) is 3.17. The van der Waals surface area contributed by atoms with Gasteiger partial charge in [-0.25, -0.2) is 9.37 Å². The van der Waals surface area contributed by atoms with E-state index < -0.39 is 5.95 Å². The van der Waals surface area contributed by atoms with E-state index in [2.05, 4.69) is 15.2 Å². The summed E-state index contributed by atoms with van der Waals surface area (Å²) in [5.41, 5.74) is 3.65. The Hall–Kier alpha value is -3.35. The van der Waals surface area contributed by atoms with Crippen LogP contribution in [0, 0.1) is 11.8 Å². The zero-order valence-electron chi connectivity index (χ0n) is 14.6. The van der Waals surface area contributed by atoms with Crippen LogP contribution in [0.5, 0.6) is 5.75 Å². The fraction of sp³-hybridized carbons (Fsp3) is 0.150. The third-order valence-corrected chi connectivity index (χ3v) is 4.51. The van der Waals surface area contributed by atoms with Crippen LogP contribution in [0.15, 0.2) is 55.0 Å². The van der Waals surface area contributed by atoms with Crippen LogP contribution in [-0.4, -0.2) is 26.7 Å². The van der Waals surface area contributed by atoms with Gasteiger partial charge in [0.15, 0.2) is 5.65 Å². The number of halogens is 2. The Balaban J connectivity index is 1.68. The Kier molecular flexibility index (Phi) is 4.50. The molecule has 4 rings (SSSR count). The molecular formula is C20H16F2N4O. The smallest absolute Gasteiger partial charge is 0.212 e. The number of hydrogen-bond acceptors (Lipinski definition) is 4. The van der Waals surface area contributed by atoms with Gasteiger partial charge in [0, 0.05) is 28.6 Å². The number of ether oxygens (including phenoxy) is 1. The number of nitrogens with zero attached hydrogens (tertiary/aromatic N) is 4. The van der Waals surface area contributed by atoms with Crippen molar-refractivity contribution in [1.82, 2.24) is 19.6 Å². The fourth-order valence-corrected chi connectivity index (χ4v) is 3.15. The quantitative estimate of drug-likeness (QED) is 0.503. The first-order valence-electron chi connectivity index (χ1n) is 8.42. The van der Waals surface area contributed by atoms with Crippen LogP contribution in [0.4, 0.5) is 8.78 Å². The summed E-state index contributed by atoms with van der Waals surface area (Å²) in [6.07, 6.45) is 4.13. The molecule has 0 unspecified atom stereocenters. The molecule has 0 radical (unpaired) electrons. The molecule has 0 atom stereocenters. The van der Waals surface area contributed by atoms with E-state index in [1.54, 1.807) is 24.5 Å². The highest BCUT2D eigenvalue weighted by molar-refractivity contribution is 5.76. The summed E-state index contributed by atoms with van der Waals surface area (Å²) >= 11 is 0. The molecule has 0 saturated carbocycles. The summed E-state index contributed by atoms with van der Waals surface area (Å²) in [5, 5.41) is 8.17. The van der Waals surface area contributed by atoms with Crippen LogP contribution >= 0.6 is 0 Å². The lowest BCUT2D eigenvalue weighted by Gasteiger charge is -2.11. The molecule has 0 aliphatic rings. The number of fused-ring (bicyclic) bond motifs is 1. The lowest BCUT2D eigenvalue weighted by molar-refractivity contribution is 0.404. The van der Waals surface area contributed by atoms with Gasteiger partial charge in [0.2, 0.25) is 5.95 Å². The van der Waals surface area contributed by atoms with Crippen molar-refractivity contribution in [2.45, 2.75) is 12.8 Å². The average molecular weight is 366 g/mol. The normalized spacial score (nSPS) is 11.1. The number of aromatic nitrogens is 4. The van der Waals surface area contributed by atoms with E-state index in [4.69, 9.17) is 4.74 Å². The van der Waals surface area contributed by atoms with Crippen molar-refractivity contribution in [2.75, 3.05) is 7.11 Å². The van der Waals surface area contributed by atoms with Crippen molar-refractivity contribution < 1.29 is 13.5 Å². The Morgan fingerprint density at radius 2 is 1.93 bits per heavy atom. The Labute approximate surface area is 154 Å². The van der Waals surface area contributed by atoms with Gasteiger partial charge < -0.3 is 4.74 Å². The van der Waals surface area contributed by atoms with Gasteiger partial charge in [0.1, 0.15) is 17.9 Å². The van der Waals surface area contributed by atoms with Crippen molar-refractivity contribution in [3.05, 3.63) is 78.0 Å². The second kappa shape index (κ2) is 7.11. The van der Waals surface area contributed by atoms with Gasteiger partial charge in [-0.2, -0.15) is 4.39 Å². The summed E-state index contributed by atoms with van der Waals surface area (Å²) in [4.78, 5) is 3.69. The number of benzene rings is 1. The highest BCUT2D eigenvalue weighted by Gasteiger charge is 2.13. The van der Waals surface area contributed by atoms with Gasteiger partial charge in [-0.15, -0.1) is 10.2 Å². The van der Waals surface area contributed by atoms with Gasteiger partial charge in [-0.1, -0.05) is 6.07 Å². The first-order chi connectivity index (χ1) is 13.2. The maximum Gasteiger partial charge on any atom is 0.212 e. The minimum atomic E-state index is -0.535. The molecule has 0 aliphatic carbocycles. The molecule has 4 aromatic rings. The van der Waals surface area contributed by atoms with E-state index in [0.717, 1.165) is 16.8 Å². The molecule has 3 heterocycles. The van der Waals surface area contributed by atoms with Crippen LogP contribution in [0.25, 0.3) is 16.8 Å². The lowest BCUT2D eigenvalue weighted by Crippen LogP contribution is -2.03. The Morgan fingerprint density at radius 1 is 1.04 bits per heavy atom. The fourth-order valence-electron chi connectivity index (χ4n) is 3.15. The molecule has 0 fully saturated rings. The van der Waals surface area contributed by atoms with Crippen LogP contribution in [-0.2, 0) is 12.8 Å². The molecule has 3 aromatic heterocycles. The van der Waals surface area contributed by atoms with Crippen molar-refractivity contribution >= 4 is 5.65 Å². The summed E-state index contributed by atoms with van der Waals surface area (Å²) < 4.78 is 34.4. The van der Waals surface area contributed by atoms with E-state index >= 15 is 0 Å². The predicted molar refractivity (Wildman–Crippen MR) is 96.5 cm³/mol. The number of pyridine rings is 2. The maximum atomic E-state index is 14.2. The van der Waals surface area contributed by atoms with E-state index in [9.17, 15) is 8.78 Å². The zero-order valence-corrected chi connectivity index (χ0v) is 14.6. The van der Waals surface area contributed by atoms with E-state index in [1.165, 1.54) is 25.4 Å². The molecule has 1 aromatic carbocycles. The summed E-state index contributed by atoms with van der Waals surface area (Å²) in [7, 11) is 1.53. The van der Waals surface area contributed by atoms with E-state index in [1.807, 2.05) is 16.5 Å². The second-order valence-electron chi connectivity index (χ2n) is 6.05. The molecule has 0 aliphatic heterocycles. The minimum absolute atomic E-state index is 0.289. The third-order valence-electron chi connectivity index (χ3n) is 4.51. The van der Waals surface area contributed by atoms with E-state index in [0.29, 0.717) is 29.8 Å². The molecule has 5 nitrogen and oxygen atoms in total. The topological polar surface area (TPSA) is 52.3 Å². The van der Waals surface area contributed by atoms with Crippen LogP contribution < -0.4 is 4.74 Å². The van der Waals surface area contributed by atoms with Gasteiger partial charge >= 0.3 is 0 Å². The van der Waals surface area contributed by atoms with Crippen LogP contribution in [0.1, 0.15) is 11.3 Å². The summed E-state index contributed by atoms with van der Waals surface area (Å²) in [6.45, 7) is 0. The Bertz CT molecular complexity index is 1090. The largest absolute Gasteiger partial charge is 0.496 e. The highest BCUT2D eigenvalue weighted by atomic mass is 19.1. The monoisotopic (exact) mass is 366 g/mol. The lowest BCUT2D eigenvalue weighted by atomic mass is 10.0. The SMILES string of the molecule is COc1cccc(F)c1CCc1ccc(-c2ccc(F)nc2)c2nncn12. The van der Waals surface area contributed by atoms with Crippen molar-refractivity contribution in [2.24, 2.45) is 0 Å². The van der Waals surface area contributed by atoms with Gasteiger partial charge in [0.25, 0.3) is 0 Å². The van der Waals surface area contributed by atoms with Crippen molar-refractivity contribution in [1.29, 1.82) is 0 Å².